The first-order chi connectivity index (χ1) is 8.60. The number of carbonyl (C=O) groups is 1. The lowest BCUT2D eigenvalue weighted by Gasteiger charge is -2.13. The van der Waals surface area contributed by atoms with E-state index in [0.717, 1.165) is 5.56 Å². The van der Waals surface area contributed by atoms with Crippen molar-refractivity contribution in [1.82, 2.24) is 0 Å². The molecule has 0 heterocycles. The van der Waals surface area contributed by atoms with Gasteiger partial charge in [0, 0.05) is 6.42 Å². The van der Waals surface area contributed by atoms with Crippen LogP contribution in [0.4, 0.5) is 0 Å². The summed E-state index contributed by atoms with van der Waals surface area (Å²) < 4.78 is 11.1. The van der Waals surface area contributed by atoms with Gasteiger partial charge in [-0.25, -0.2) is 0 Å². The van der Waals surface area contributed by atoms with Crippen molar-refractivity contribution in [3.8, 4) is 11.5 Å². The van der Waals surface area contributed by atoms with Crippen molar-refractivity contribution in [3.05, 3.63) is 21.3 Å². The topological polar surface area (TPSA) is 55.8 Å². The number of carbonyl (C=O) groups excluding carboxylic acids is 1. The quantitative estimate of drug-likeness (QED) is 0.623. The predicted molar refractivity (Wildman–Crippen MR) is 76.9 cm³/mol. The number of aromatic hydroxyl groups is 1. The Balaban J connectivity index is 2.81. The third-order valence-corrected chi connectivity index (χ3v) is 3.39. The number of phenols is 1. The Hall–Kier alpha value is -0.980. The van der Waals surface area contributed by atoms with Crippen molar-refractivity contribution in [2.75, 3.05) is 13.2 Å². The predicted octanol–water partition coefficient (Wildman–Crippen LogP) is 2.89. The Kier molecular flexibility index (Phi) is 6.24. The largest absolute Gasteiger partial charge is 0.507 e. The minimum absolute atomic E-state index is 0.193. The van der Waals surface area contributed by atoms with Gasteiger partial charge >= 0.3 is 5.97 Å². The number of rotatable bonds is 6. The molecular weight excluding hydrogens is 347 g/mol. The highest BCUT2D eigenvalue weighted by atomic mass is 127. The van der Waals surface area contributed by atoms with Crippen molar-refractivity contribution in [2.24, 2.45) is 0 Å². The van der Waals surface area contributed by atoms with Gasteiger partial charge in [-0.3, -0.25) is 4.79 Å². The van der Waals surface area contributed by atoms with E-state index in [-0.39, 0.29) is 11.7 Å². The Morgan fingerprint density at radius 1 is 1.33 bits per heavy atom. The van der Waals surface area contributed by atoms with Gasteiger partial charge in [0.2, 0.25) is 0 Å². The van der Waals surface area contributed by atoms with Crippen LogP contribution in [0.3, 0.4) is 0 Å². The van der Waals surface area contributed by atoms with Crippen molar-refractivity contribution >= 4 is 28.6 Å². The molecule has 1 N–H and O–H groups in total. The SMILES string of the molecule is CCOC(=O)CCc1ccc(O)c(I)c1OCC. The number of esters is 1. The highest BCUT2D eigenvalue weighted by Crippen LogP contribution is 2.33. The Morgan fingerprint density at radius 3 is 2.67 bits per heavy atom. The van der Waals surface area contributed by atoms with Crippen LogP contribution >= 0.6 is 22.6 Å². The summed E-state index contributed by atoms with van der Waals surface area (Å²) in [5, 5.41) is 9.63. The van der Waals surface area contributed by atoms with Gasteiger partial charge in [0.05, 0.1) is 16.8 Å². The molecule has 0 atom stereocenters. The molecule has 0 aliphatic heterocycles. The number of benzene rings is 1. The first-order valence-electron chi connectivity index (χ1n) is 5.88. The zero-order chi connectivity index (χ0) is 13.5. The van der Waals surface area contributed by atoms with Gasteiger partial charge in [0.1, 0.15) is 11.5 Å². The maximum atomic E-state index is 11.3. The van der Waals surface area contributed by atoms with Crippen LogP contribution in [0.1, 0.15) is 25.8 Å². The van der Waals surface area contributed by atoms with Crippen molar-refractivity contribution < 1.29 is 19.4 Å². The molecule has 0 spiro atoms. The van der Waals surface area contributed by atoms with Crippen molar-refractivity contribution in [2.45, 2.75) is 26.7 Å². The lowest BCUT2D eigenvalue weighted by atomic mass is 10.1. The number of halogens is 1. The molecule has 1 aromatic carbocycles. The van der Waals surface area contributed by atoms with E-state index in [1.807, 2.05) is 29.5 Å². The molecule has 0 aliphatic rings. The van der Waals surface area contributed by atoms with Gasteiger partial charge in [-0.1, -0.05) is 6.07 Å². The van der Waals surface area contributed by atoms with Crippen LogP contribution < -0.4 is 4.74 Å². The zero-order valence-corrected chi connectivity index (χ0v) is 12.7. The van der Waals surface area contributed by atoms with Crippen LogP contribution in [0.5, 0.6) is 11.5 Å². The molecule has 0 radical (unpaired) electrons. The number of hydrogen-bond donors (Lipinski definition) is 1. The second-order valence-corrected chi connectivity index (χ2v) is 4.70. The second-order valence-electron chi connectivity index (χ2n) is 3.62. The Morgan fingerprint density at radius 2 is 2.06 bits per heavy atom. The number of phenolic OH excluding ortho intramolecular Hbond substituents is 1. The van der Waals surface area contributed by atoms with E-state index in [1.165, 1.54) is 0 Å². The molecule has 0 bridgehead atoms. The summed E-state index contributed by atoms with van der Waals surface area (Å²) in [6.07, 6.45) is 0.860. The molecule has 1 rings (SSSR count). The average molecular weight is 364 g/mol. The zero-order valence-electron chi connectivity index (χ0n) is 10.5. The van der Waals surface area contributed by atoms with E-state index < -0.39 is 0 Å². The standard InChI is InChI=1S/C13H17IO4/c1-3-17-11(16)8-6-9-5-7-10(15)12(14)13(9)18-4-2/h5,7,15H,3-4,6,8H2,1-2H3. The van der Waals surface area contributed by atoms with Crippen LogP contribution in [0.2, 0.25) is 0 Å². The van der Waals surface area contributed by atoms with Crippen LogP contribution in [0.15, 0.2) is 12.1 Å². The minimum atomic E-state index is -0.219. The Labute approximate surface area is 120 Å². The van der Waals surface area contributed by atoms with Crippen LogP contribution in [-0.4, -0.2) is 24.3 Å². The molecular formula is C13H17IO4. The lowest BCUT2D eigenvalue weighted by molar-refractivity contribution is -0.143. The minimum Gasteiger partial charge on any atom is -0.507 e. The van der Waals surface area contributed by atoms with Crippen molar-refractivity contribution in [3.63, 3.8) is 0 Å². The highest BCUT2D eigenvalue weighted by molar-refractivity contribution is 14.1. The normalized spacial score (nSPS) is 10.2. The van der Waals surface area contributed by atoms with E-state index in [9.17, 15) is 9.90 Å². The fourth-order valence-corrected chi connectivity index (χ4v) is 2.23. The molecule has 5 heteroatoms. The summed E-state index contributed by atoms with van der Waals surface area (Å²) in [6, 6.07) is 3.40. The number of ether oxygens (including phenoxy) is 2. The highest BCUT2D eigenvalue weighted by Gasteiger charge is 2.13. The Bertz CT molecular complexity index is 418. The molecule has 4 nitrogen and oxygen atoms in total. The van der Waals surface area contributed by atoms with Gasteiger partial charge in [0.25, 0.3) is 0 Å². The van der Waals surface area contributed by atoms with E-state index in [2.05, 4.69) is 0 Å². The van der Waals surface area contributed by atoms with E-state index >= 15 is 0 Å². The lowest BCUT2D eigenvalue weighted by Crippen LogP contribution is -2.06. The molecule has 0 fully saturated rings. The summed E-state index contributed by atoms with van der Waals surface area (Å²) >= 11 is 2.04. The summed E-state index contributed by atoms with van der Waals surface area (Å²) in [5.41, 5.74) is 0.909. The van der Waals surface area contributed by atoms with Crippen molar-refractivity contribution in [1.29, 1.82) is 0 Å². The van der Waals surface area contributed by atoms with Crippen LogP contribution in [0.25, 0.3) is 0 Å². The van der Waals surface area contributed by atoms with Gasteiger partial charge in [-0.15, -0.1) is 0 Å². The van der Waals surface area contributed by atoms with Crippen LogP contribution in [-0.2, 0) is 16.0 Å². The van der Waals surface area contributed by atoms with E-state index in [0.29, 0.717) is 35.4 Å². The summed E-state index contributed by atoms with van der Waals surface area (Å²) in [6.45, 7) is 4.58. The molecule has 0 saturated heterocycles. The first kappa shape index (κ1) is 15.1. The van der Waals surface area contributed by atoms with Gasteiger partial charge in [0.15, 0.2) is 0 Å². The average Bonchev–Trinajstić information content (AvgIpc) is 2.34. The number of hydrogen-bond acceptors (Lipinski definition) is 4. The van der Waals surface area contributed by atoms with Gasteiger partial charge in [-0.2, -0.15) is 0 Å². The van der Waals surface area contributed by atoms with Crippen LogP contribution in [0, 0.1) is 3.57 Å². The smallest absolute Gasteiger partial charge is 0.306 e. The number of aryl methyl sites for hydroxylation is 1. The van der Waals surface area contributed by atoms with Gasteiger partial charge in [-0.05, 0) is 54.5 Å². The maximum Gasteiger partial charge on any atom is 0.306 e. The van der Waals surface area contributed by atoms with Gasteiger partial charge < -0.3 is 14.6 Å². The third kappa shape index (κ3) is 4.04. The molecule has 1 aromatic rings. The third-order valence-electron chi connectivity index (χ3n) is 2.35. The molecule has 0 unspecified atom stereocenters. The summed E-state index contributed by atoms with van der Waals surface area (Å²) in [5.74, 6) is 0.629. The fourth-order valence-electron chi connectivity index (χ4n) is 1.55. The summed E-state index contributed by atoms with van der Waals surface area (Å²) in [4.78, 5) is 11.3. The first-order valence-corrected chi connectivity index (χ1v) is 6.96. The van der Waals surface area contributed by atoms with E-state index in [1.54, 1.807) is 19.1 Å². The maximum absolute atomic E-state index is 11.3. The monoisotopic (exact) mass is 364 g/mol. The van der Waals surface area contributed by atoms with E-state index in [4.69, 9.17) is 9.47 Å². The molecule has 100 valence electrons. The molecule has 18 heavy (non-hydrogen) atoms. The molecule has 0 amide bonds. The summed E-state index contributed by atoms with van der Waals surface area (Å²) in [7, 11) is 0. The molecule has 0 aromatic heterocycles. The molecule has 0 saturated carbocycles. The molecule has 0 aliphatic carbocycles. The fraction of sp³-hybridized carbons (Fsp3) is 0.462. The second kappa shape index (κ2) is 7.45.